The van der Waals surface area contributed by atoms with E-state index >= 15 is 0 Å². The van der Waals surface area contributed by atoms with Crippen LogP contribution in [0.1, 0.15) is 19.7 Å². The molecule has 0 aliphatic carbocycles. The van der Waals surface area contributed by atoms with Crippen LogP contribution >= 0.6 is 11.8 Å². The van der Waals surface area contributed by atoms with Gasteiger partial charge in [-0.25, -0.2) is 14.8 Å². The number of aromatic nitrogens is 2. The predicted molar refractivity (Wildman–Crippen MR) is 87.1 cm³/mol. The van der Waals surface area contributed by atoms with Crippen molar-refractivity contribution in [2.24, 2.45) is 0 Å². The van der Waals surface area contributed by atoms with Gasteiger partial charge in [-0.05, 0) is 19.9 Å². The van der Waals surface area contributed by atoms with E-state index in [0.717, 1.165) is 11.8 Å². The Bertz CT molecular complexity index is 798. The molecule has 0 aliphatic rings. The molecule has 25 heavy (non-hydrogen) atoms. The molecule has 0 bridgehead atoms. The second-order valence-corrected chi connectivity index (χ2v) is 6.31. The first-order valence-electron chi connectivity index (χ1n) is 7.31. The number of fused-ring (bicyclic) bond motifs is 1. The van der Waals surface area contributed by atoms with Gasteiger partial charge < -0.3 is 5.32 Å². The predicted octanol–water partition coefficient (Wildman–Crippen LogP) is 2.97. The van der Waals surface area contributed by atoms with E-state index in [2.05, 4.69) is 20.6 Å². The fourth-order valence-electron chi connectivity index (χ4n) is 1.90. The summed E-state index contributed by atoms with van der Waals surface area (Å²) in [6.45, 7) is 3.50. The Labute approximate surface area is 145 Å². The Hall–Kier alpha value is -2.36. The summed E-state index contributed by atoms with van der Waals surface area (Å²) in [6, 6.07) is 5.56. The third-order valence-electron chi connectivity index (χ3n) is 3.05. The van der Waals surface area contributed by atoms with Crippen molar-refractivity contribution in [1.82, 2.24) is 20.6 Å². The zero-order valence-corrected chi connectivity index (χ0v) is 14.2. The molecule has 2 rings (SSSR count). The summed E-state index contributed by atoms with van der Waals surface area (Å²) in [5.41, 5.74) is 0.128. The van der Waals surface area contributed by atoms with Crippen molar-refractivity contribution in [1.29, 1.82) is 0 Å². The summed E-state index contributed by atoms with van der Waals surface area (Å²) in [5, 5.41) is 4.11. The van der Waals surface area contributed by atoms with Gasteiger partial charge in [0, 0.05) is 11.9 Å². The number of carbonyl (C=O) groups is 2. The highest BCUT2D eigenvalue weighted by atomic mass is 32.2. The summed E-state index contributed by atoms with van der Waals surface area (Å²) < 4.78 is 38.9. The molecule has 1 unspecified atom stereocenters. The molecular weight excluding hydrogens is 357 g/mol. The number of nitrogens with one attached hydrogen (secondary N) is 2. The summed E-state index contributed by atoms with van der Waals surface area (Å²) in [5.74, 6) is -1.91. The van der Waals surface area contributed by atoms with Gasteiger partial charge in [-0.1, -0.05) is 30.0 Å². The number of hydrogen-bond donors (Lipinski definition) is 2. The van der Waals surface area contributed by atoms with Gasteiger partial charge in [0.2, 0.25) is 11.7 Å². The van der Waals surface area contributed by atoms with Gasteiger partial charge in [0.25, 0.3) is 0 Å². The zero-order chi connectivity index (χ0) is 18.6. The topological polar surface area (TPSA) is 84.0 Å². The second-order valence-electron chi connectivity index (χ2n) is 4.98. The Balaban J connectivity index is 2.30. The molecule has 1 atom stereocenters. The van der Waals surface area contributed by atoms with E-state index in [1.807, 2.05) is 0 Å². The van der Waals surface area contributed by atoms with E-state index in [1.54, 1.807) is 25.1 Å². The third kappa shape index (κ3) is 4.81. The van der Waals surface area contributed by atoms with Crippen LogP contribution in [0.4, 0.5) is 18.0 Å². The molecular formula is C15H15F3N4O2S. The molecule has 3 amide bonds. The van der Waals surface area contributed by atoms with Gasteiger partial charge >= 0.3 is 12.2 Å². The number of nitrogens with zero attached hydrogens (tertiary/aromatic N) is 2. The second kappa shape index (κ2) is 7.68. The summed E-state index contributed by atoms with van der Waals surface area (Å²) in [7, 11) is 0. The molecule has 6 nitrogen and oxygen atoms in total. The number of thioether (sulfide) groups is 1. The van der Waals surface area contributed by atoms with Crippen molar-refractivity contribution >= 4 is 34.6 Å². The molecule has 2 aromatic rings. The number of imide groups is 1. The lowest BCUT2D eigenvalue weighted by molar-refractivity contribution is -0.145. The Morgan fingerprint density at radius 3 is 2.56 bits per heavy atom. The highest BCUT2D eigenvalue weighted by Crippen LogP contribution is 2.33. The van der Waals surface area contributed by atoms with Crippen LogP contribution in [0.5, 0.6) is 0 Å². The number of carbonyl (C=O) groups excluding carboxylic acids is 2. The van der Waals surface area contributed by atoms with E-state index in [1.165, 1.54) is 13.0 Å². The number of hydrogen-bond acceptors (Lipinski definition) is 5. The summed E-state index contributed by atoms with van der Waals surface area (Å²) >= 11 is 0.828. The van der Waals surface area contributed by atoms with Gasteiger partial charge in [-0.3, -0.25) is 10.1 Å². The highest BCUT2D eigenvalue weighted by molar-refractivity contribution is 8.00. The Morgan fingerprint density at radius 2 is 1.92 bits per heavy atom. The van der Waals surface area contributed by atoms with Crippen LogP contribution in [0, 0.1) is 0 Å². The first kappa shape index (κ1) is 19.0. The lowest BCUT2D eigenvalue weighted by atomic mass is 10.2. The molecule has 1 aromatic carbocycles. The summed E-state index contributed by atoms with van der Waals surface area (Å²) in [6.07, 6.45) is -4.70. The fourth-order valence-corrected chi connectivity index (χ4v) is 2.84. The van der Waals surface area contributed by atoms with Gasteiger partial charge in [0.15, 0.2) is 0 Å². The smallest absolute Gasteiger partial charge is 0.338 e. The van der Waals surface area contributed by atoms with Crippen LogP contribution in [0.25, 0.3) is 10.9 Å². The van der Waals surface area contributed by atoms with Crippen molar-refractivity contribution < 1.29 is 22.8 Å². The van der Waals surface area contributed by atoms with Crippen molar-refractivity contribution in [2.75, 3.05) is 6.54 Å². The number of amides is 3. The van der Waals surface area contributed by atoms with Gasteiger partial charge in [0.05, 0.1) is 10.8 Å². The number of urea groups is 1. The minimum atomic E-state index is -4.70. The molecule has 0 saturated carbocycles. The SMILES string of the molecule is CCNC(=O)NC(=O)C(C)Sc1nc(C(F)(F)F)nc2ccccc12. The molecule has 134 valence electrons. The molecule has 2 N–H and O–H groups in total. The van der Waals surface area contributed by atoms with Crippen LogP contribution in [0.2, 0.25) is 0 Å². The van der Waals surface area contributed by atoms with Crippen molar-refractivity contribution in [3.05, 3.63) is 30.1 Å². The van der Waals surface area contributed by atoms with Crippen molar-refractivity contribution in [3.8, 4) is 0 Å². The van der Waals surface area contributed by atoms with Crippen molar-refractivity contribution in [3.63, 3.8) is 0 Å². The third-order valence-corrected chi connectivity index (χ3v) is 4.16. The van der Waals surface area contributed by atoms with Gasteiger partial charge in [-0.2, -0.15) is 13.2 Å². The first-order chi connectivity index (χ1) is 11.7. The zero-order valence-electron chi connectivity index (χ0n) is 13.3. The molecule has 1 heterocycles. The highest BCUT2D eigenvalue weighted by Gasteiger charge is 2.36. The fraction of sp³-hybridized carbons (Fsp3) is 0.333. The minimum Gasteiger partial charge on any atom is -0.338 e. The Kier molecular flexibility index (Phi) is 5.83. The van der Waals surface area contributed by atoms with E-state index < -0.39 is 29.2 Å². The number of rotatable bonds is 4. The maximum Gasteiger partial charge on any atom is 0.451 e. The number of halogens is 3. The molecule has 0 saturated heterocycles. The number of alkyl halides is 3. The maximum absolute atomic E-state index is 13.0. The molecule has 10 heteroatoms. The summed E-state index contributed by atoms with van der Waals surface area (Å²) in [4.78, 5) is 30.4. The van der Waals surface area contributed by atoms with Crippen molar-refractivity contribution in [2.45, 2.75) is 30.3 Å². The van der Waals surface area contributed by atoms with Crippen LogP contribution in [-0.2, 0) is 11.0 Å². The quantitative estimate of drug-likeness (QED) is 0.637. The molecule has 0 aliphatic heterocycles. The van der Waals surface area contributed by atoms with Crippen LogP contribution in [0.15, 0.2) is 29.3 Å². The first-order valence-corrected chi connectivity index (χ1v) is 8.19. The molecule has 0 fully saturated rings. The maximum atomic E-state index is 13.0. The van der Waals surface area contributed by atoms with E-state index in [4.69, 9.17) is 0 Å². The number of benzene rings is 1. The monoisotopic (exact) mass is 372 g/mol. The van der Waals surface area contributed by atoms with E-state index in [9.17, 15) is 22.8 Å². The molecule has 1 aromatic heterocycles. The van der Waals surface area contributed by atoms with Gasteiger partial charge in [0.1, 0.15) is 5.03 Å². The van der Waals surface area contributed by atoms with Crippen LogP contribution in [-0.4, -0.2) is 33.7 Å². The van der Waals surface area contributed by atoms with E-state index in [-0.39, 0.29) is 10.5 Å². The standard InChI is InChI=1S/C15H15F3N4O2S/c1-3-19-14(24)21-11(23)8(2)25-12-9-6-4-5-7-10(9)20-13(22-12)15(16,17)18/h4-8H,3H2,1-2H3,(H2,19,21,23,24). The minimum absolute atomic E-state index is 0.0245. The van der Waals surface area contributed by atoms with E-state index in [0.29, 0.717) is 11.9 Å². The number of para-hydroxylation sites is 1. The molecule has 0 spiro atoms. The largest absolute Gasteiger partial charge is 0.451 e. The average molecular weight is 372 g/mol. The lowest BCUT2D eigenvalue weighted by Gasteiger charge is -2.14. The van der Waals surface area contributed by atoms with Gasteiger partial charge in [-0.15, -0.1) is 0 Å². The van der Waals surface area contributed by atoms with Crippen LogP contribution < -0.4 is 10.6 Å². The average Bonchev–Trinajstić information content (AvgIpc) is 2.54. The lowest BCUT2D eigenvalue weighted by Crippen LogP contribution is -2.42. The normalized spacial score (nSPS) is 12.7. The Morgan fingerprint density at radius 1 is 1.24 bits per heavy atom. The molecule has 0 radical (unpaired) electrons. The van der Waals surface area contributed by atoms with Crippen LogP contribution in [0.3, 0.4) is 0 Å².